The second-order valence-electron chi connectivity index (χ2n) is 4.01. The first-order chi connectivity index (χ1) is 6.44. The molecule has 0 aliphatic heterocycles. The van der Waals surface area contributed by atoms with Gasteiger partial charge in [0, 0.05) is 26.3 Å². The van der Waals surface area contributed by atoms with Gasteiger partial charge in [0.2, 0.25) is 0 Å². The molecule has 0 atom stereocenters. The summed E-state index contributed by atoms with van der Waals surface area (Å²) in [6.45, 7) is 7.03. The van der Waals surface area contributed by atoms with Crippen LogP contribution in [0.4, 0.5) is 0 Å². The van der Waals surface area contributed by atoms with Gasteiger partial charge in [-0.2, -0.15) is 0 Å². The first kappa shape index (κ1) is 12.2. The third kappa shape index (κ3) is 3.35. The quantitative estimate of drug-likeness (QED) is 0.887. The third-order valence-corrected chi connectivity index (χ3v) is 4.18. The molecular formula is C10H16BrNOS. The number of hydrogen-bond acceptors (Lipinski definition) is 3. The minimum Gasteiger partial charge on any atom is -0.394 e. The summed E-state index contributed by atoms with van der Waals surface area (Å²) >= 11 is 5.26. The molecule has 0 saturated carbocycles. The van der Waals surface area contributed by atoms with E-state index in [-0.39, 0.29) is 12.1 Å². The molecule has 0 fully saturated rings. The summed E-state index contributed by atoms with van der Waals surface area (Å²) < 4.78 is 1.17. The van der Waals surface area contributed by atoms with E-state index in [0.717, 1.165) is 6.54 Å². The van der Waals surface area contributed by atoms with Gasteiger partial charge < -0.3 is 10.4 Å². The van der Waals surface area contributed by atoms with Gasteiger partial charge in [-0.25, -0.2) is 0 Å². The SMILES string of the molecule is Cc1sc(CNC(C)(C)CO)cc1Br. The average molecular weight is 278 g/mol. The maximum atomic E-state index is 9.06. The van der Waals surface area contributed by atoms with Gasteiger partial charge in [-0.05, 0) is 42.8 Å². The molecule has 1 heterocycles. The fourth-order valence-corrected chi connectivity index (χ4v) is 2.53. The van der Waals surface area contributed by atoms with Gasteiger partial charge >= 0.3 is 0 Å². The zero-order valence-corrected chi connectivity index (χ0v) is 11.1. The molecule has 0 aliphatic rings. The van der Waals surface area contributed by atoms with Crippen molar-refractivity contribution < 1.29 is 5.11 Å². The van der Waals surface area contributed by atoms with E-state index in [1.807, 2.05) is 13.8 Å². The van der Waals surface area contributed by atoms with Crippen LogP contribution in [-0.4, -0.2) is 17.3 Å². The Morgan fingerprint density at radius 2 is 2.21 bits per heavy atom. The van der Waals surface area contributed by atoms with Crippen LogP contribution in [0.1, 0.15) is 23.6 Å². The van der Waals surface area contributed by atoms with Crippen molar-refractivity contribution >= 4 is 27.3 Å². The van der Waals surface area contributed by atoms with Crippen LogP contribution in [0.3, 0.4) is 0 Å². The molecule has 0 spiro atoms. The van der Waals surface area contributed by atoms with E-state index >= 15 is 0 Å². The number of aryl methyl sites for hydroxylation is 1. The van der Waals surface area contributed by atoms with Crippen LogP contribution in [-0.2, 0) is 6.54 Å². The van der Waals surface area contributed by atoms with Crippen molar-refractivity contribution in [2.24, 2.45) is 0 Å². The molecule has 0 unspecified atom stereocenters. The topological polar surface area (TPSA) is 32.3 Å². The maximum Gasteiger partial charge on any atom is 0.0607 e. The highest BCUT2D eigenvalue weighted by Gasteiger charge is 2.15. The van der Waals surface area contributed by atoms with Crippen molar-refractivity contribution in [2.75, 3.05) is 6.61 Å². The predicted octanol–water partition coefficient (Wildman–Crippen LogP) is 2.68. The number of aliphatic hydroxyl groups excluding tert-OH is 1. The summed E-state index contributed by atoms with van der Waals surface area (Å²) in [5.74, 6) is 0. The first-order valence-corrected chi connectivity index (χ1v) is 6.16. The van der Waals surface area contributed by atoms with Crippen LogP contribution < -0.4 is 5.32 Å². The highest BCUT2D eigenvalue weighted by Crippen LogP contribution is 2.26. The molecule has 0 bridgehead atoms. The summed E-state index contributed by atoms with van der Waals surface area (Å²) in [4.78, 5) is 2.58. The molecule has 0 radical (unpaired) electrons. The highest BCUT2D eigenvalue weighted by molar-refractivity contribution is 9.10. The second kappa shape index (κ2) is 4.75. The molecule has 1 rings (SSSR count). The van der Waals surface area contributed by atoms with E-state index < -0.39 is 0 Å². The van der Waals surface area contributed by atoms with Crippen molar-refractivity contribution in [3.8, 4) is 0 Å². The van der Waals surface area contributed by atoms with Gasteiger partial charge in [0.25, 0.3) is 0 Å². The Balaban J connectivity index is 2.54. The number of thiophene rings is 1. The van der Waals surface area contributed by atoms with E-state index in [1.54, 1.807) is 11.3 Å². The van der Waals surface area contributed by atoms with Gasteiger partial charge in [0.15, 0.2) is 0 Å². The second-order valence-corrected chi connectivity index (χ2v) is 6.21. The van der Waals surface area contributed by atoms with Crippen molar-refractivity contribution in [3.63, 3.8) is 0 Å². The van der Waals surface area contributed by atoms with Crippen LogP contribution in [0.5, 0.6) is 0 Å². The van der Waals surface area contributed by atoms with Crippen LogP contribution in [0.15, 0.2) is 10.5 Å². The van der Waals surface area contributed by atoms with Crippen LogP contribution in [0.25, 0.3) is 0 Å². The summed E-state index contributed by atoms with van der Waals surface area (Å²) in [6, 6.07) is 2.13. The lowest BCUT2D eigenvalue weighted by molar-refractivity contribution is 0.187. The molecule has 1 aromatic heterocycles. The van der Waals surface area contributed by atoms with Gasteiger partial charge in [-0.15, -0.1) is 11.3 Å². The fourth-order valence-electron chi connectivity index (χ4n) is 0.987. The largest absolute Gasteiger partial charge is 0.394 e. The molecule has 2 nitrogen and oxygen atoms in total. The first-order valence-electron chi connectivity index (χ1n) is 4.55. The number of nitrogens with one attached hydrogen (secondary N) is 1. The van der Waals surface area contributed by atoms with Crippen molar-refractivity contribution in [1.82, 2.24) is 5.32 Å². The highest BCUT2D eigenvalue weighted by atomic mass is 79.9. The van der Waals surface area contributed by atoms with Crippen LogP contribution in [0, 0.1) is 6.92 Å². The Hall–Kier alpha value is 0.100. The van der Waals surface area contributed by atoms with Gasteiger partial charge in [0.05, 0.1) is 6.61 Å². The molecule has 0 saturated heterocycles. The molecule has 0 amide bonds. The Bertz CT molecular complexity index is 290. The Morgan fingerprint density at radius 3 is 2.64 bits per heavy atom. The summed E-state index contributed by atoms with van der Waals surface area (Å²) in [6.07, 6.45) is 0. The smallest absolute Gasteiger partial charge is 0.0607 e. The monoisotopic (exact) mass is 277 g/mol. The number of hydrogen-bond donors (Lipinski definition) is 2. The average Bonchev–Trinajstić information content (AvgIpc) is 2.44. The molecule has 14 heavy (non-hydrogen) atoms. The minimum absolute atomic E-state index is 0.151. The summed E-state index contributed by atoms with van der Waals surface area (Å²) in [5, 5.41) is 12.4. The predicted molar refractivity (Wildman–Crippen MR) is 64.8 cm³/mol. The van der Waals surface area contributed by atoms with Crippen molar-refractivity contribution in [3.05, 3.63) is 20.3 Å². The Kier molecular flexibility index (Phi) is 4.13. The fraction of sp³-hybridized carbons (Fsp3) is 0.600. The molecule has 0 aliphatic carbocycles. The van der Waals surface area contributed by atoms with E-state index in [1.165, 1.54) is 14.2 Å². The van der Waals surface area contributed by atoms with Gasteiger partial charge in [-0.1, -0.05) is 0 Å². The lowest BCUT2D eigenvalue weighted by atomic mass is 10.1. The lowest BCUT2D eigenvalue weighted by Gasteiger charge is -2.22. The van der Waals surface area contributed by atoms with Gasteiger partial charge in [-0.3, -0.25) is 0 Å². The number of rotatable bonds is 4. The zero-order chi connectivity index (χ0) is 10.8. The molecular weight excluding hydrogens is 262 g/mol. The molecule has 0 aromatic carbocycles. The standard InChI is InChI=1S/C10H16BrNOS/c1-7-9(11)4-8(14-7)5-12-10(2,3)6-13/h4,12-13H,5-6H2,1-3H3. The molecule has 2 N–H and O–H groups in total. The summed E-state index contributed by atoms with van der Waals surface area (Å²) in [5.41, 5.74) is -0.204. The van der Waals surface area contributed by atoms with Crippen molar-refractivity contribution in [2.45, 2.75) is 32.9 Å². The van der Waals surface area contributed by atoms with E-state index in [2.05, 4.69) is 34.2 Å². The molecule has 4 heteroatoms. The van der Waals surface area contributed by atoms with Gasteiger partial charge in [0.1, 0.15) is 0 Å². The van der Waals surface area contributed by atoms with E-state index in [9.17, 15) is 0 Å². The van der Waals surface area contributed by atoms with Crippen LogP contribution in [0.2, 0.25) is 0 Å². The number of aliphatic hydroxyl groups is 1. The summed E-state index contributed by atoms with van der Waals surface area (Å²) in [7, 11) is 0. The normalized spacial score (nSPS) is 12.1. The van der Waals surface area contributed by atoms with E-state index in [0.29, 0.717) is 0 Å². The maximum absolute atomic E-state index is 9.06. The van der Waals surface area contributed by atoms with Crippen molar-refractivity contribution in [1.29, 1.82) is 0 Å². The third-order valence-electron chi connectivity index (χ3n) is 2.04. The lowest BCUT2D eigenvalue weighted by Crippen LogP contribution is -2.41. The van der Waals surface area contributed by atoms with E-state index in [4.69, 9.17) is 5.11 Å². The number of halogens is 1. The van der Waals surface area contributed by atoms with Crippen LogP contribution >= 0.6 is 27.3 Å². The minimum atomic E-state index is -0.204. The zero-order valence-electron chi connectivity index (χ0n) is 8.72. The Morgan fingerprint density at radius 1 is 1.57 bits per heavy atom. The Labute approximate surface area is 97.5 Å². The molecule has 80 valence electrons. The molecule has 1 aromatic rings.